The average Bonchev–Trinajstić information content (AvgIpc) is 2.77. The van der Waals surface area contributed by atoms with Gasteiger partial charge in [0.05, 0.1) is 13.2 Å². The fourth-order valence-electron chi connectivity index (χ4n) is 3.19. The Kier molecular flexibility index (Phi) is 9.92. The summed E-state index contributed by atoms with van der Waals surface area (Å²) < 4.78 is 24.0. The molecule has 31 heavy (non-hydrogen) atoms. The summed E-state index contributed by atoms with van der Waals surface area (Å²) in [6.07, 6.45) is 1.75. The monoisotopic (exact) mass is 543 g/mol. The van der Waals surface area contributed by atoms with Crippen LogP contribution in [0.3, 0.4) is 0 Å². The van der Waals surface area contributed by atoms with Gasteiger partial charge in [0.2, 0.25) is 5.88 Å². The molecule has 1 aromatic carbocycles. The van der Waals surface area contributed by atoms with E-state index >= 15 is 0 Å². The van der Waals surface area contributed by atoms with Crippen LogP contribution in [0.5, 0.6) is 11.6 Å². The van der Waals surface area contributed by atoms with Crippen molar-refractivity contribution in [2.75, 3.05) is 39.9 Å². The van der Waals surface area contributed by atoms with Crippen molar-refractivity contribution in [3.63, 3.8) is 0 Å². The number of ether oxygens (including phenoxy) is 2. The molecule has 1 aromatic heterocycles. The first-order valence-electron chi connectivity index (χ1n) is 10.1. The molecule has 170 valence electrons. The van der Waals surface area contributed by atoms with Crippen molar-refractivity contribution in [1.82, 2.24) is 20.5 Å². The van der Waals surface area contributed by atoms with Gasteiger partial charge in [-0.3, -0.25) is 9.89 Å². The SMILES string of the molecule is CN=C(NCc1ccc(Oc2ccc(F)cc2)nc1)NCC(C)(C)N1CCOCC1.I. The van der Waals surface area contributed by atoms with Gasteiger partial charge in [-0.2, -0.15) is 0 Å². The Bertz CT molecular complexity index is 825. The van der Waals surface area contributed by atoms with Gasteiger partial charge in [0.25, 0.3) is 0 Å². The van der Waals surface area contributed by atoms with E-state index in [0.29, 0.717) is 18.2 Å². The van der Waals surface area contributed by atoms with Crippen LogP contribution in [-0.2, 0) is 11.3 Å². The highest BCUT2D eigenvalue weighted by Crippen LogP contribution is 2.19. The predicted octanol–water partition coefficient (Wildman–Crippen LogP) is 3.41. The van der Waals surface area contributed by atoms with Crippen LogP contribution in [0.15, 0.2) is 47.6 Å². The molecule has 0 saturated carbocycles. The van der Waals surface area contributed by atoms with E-state index in [9.17, 15) is 4.39 Å². The molecule has 0 radical (unpaired) electrons. The largest absolute Gasteiger partial charge is 0.439 e. The van der Waals surface area contributed by atoms with Crippen LogP contribution in [0.2, 0.25) is 0 Å². The number of halogens is 2. The lowest BCUT2D eigenvalue weighted by Gasteiger charge is -2.41. The quantitative estimate of drug-likeness (QED) is 0.317. The molecular formula is C22H31FIN5O2. The molecule has 2 N–H and O–H groups in total. The van der Waals surface area contributed by atoms with Gasteiger partial charge < -0.3 is 20.1 Å². The second kappa shape index (κ2) is 12.2. The smallest absolute Gasteiger partial charge is 0.219 e. The maximum absolute atomic E-state index is 13.0. The van der Waals surface area contributed by atoms with E-state index in [2.05, 4.69) is 39.4 Å². The molecule has 2 heterocycles. The van der Waals surface area contributed by atoms with Gasteiger partial charge >= 0.3 is 0 Å². The zero-order chi connectivity index (χ0) is 21.4. The summed E-state index contributed by atoms with van der Waals surface area (Å²) in [5, 5.41) is 6.72. The van der Waals surface area contributed by atoms with Gasteiger partial charge in [0.1, 0.15) is 11.6 Å². The second-order valence-electron chi connectivity index (χ2n) is 7.75. The number of guanidine groups is 1. The van der Waals surface area contributed by atoms with Crippen molar-refractivity contribution in [3.8, 4) is 11.6 Å². The Morgan fingerprint density at radius 3 is 2.48 bits per heavy atom. The van der Waals surface area contributed by atoms with E-state index < -0.39 is 0 Å². The number of aliphatic imine (C=N–C) groups is 1. The number of aromatic nitrogens is 1. The molecule has 1 fully saturated rings. The molecule has 2 aromatic rings. The van der Waals surface area contributed by atoms with Crippen molar-refractivity contribution in [2.45, 2.75) is 25.9 Å². The zero-order valence-corrected chi connectivity index (χ0v) is 20.6. The fourth-order valence-corrected chi connectivity index (χ4v) is 3.19. The molecule has 0 unspecified atom stereocenters. The van der Waals surface area contributed by atoms with Crippen LogP contribution in [0.25, 0.3) is 0 Å². The van der Waals surface area contributed by atoms with E-state index in [-0.39, 0.29) is 35.3 Å². The molecule has 0 atom stereocenters. The van der Waals surface area contributed by atoms with Crippen molar-refractivity contribution in [3.05, 3.63) is 54.0 Å². The molecule has 1 aliphatic heterocycles. The Morgan fingerprint density at radius 2 is 1.87 bits per heavy atom. The number of hydrogen-bond acceptors (Lipinski definition) is 5. The topological polar surface area (TPSA) is 71.0 Å². The molecule has 3 rings (SSSR count). The van der Waals surface area contributed by atoms with Crippen LogP contribution in [-0.4, -0.2) is 61.3 Å². The van der Waals surface area contributed by atoms with E-state index in [1.807, 2.05) is 6.07 Å². The maximum atomic E-state index is 13.0. The van der Waals surface area contributed by atoms with E-state index in [1.54, 1.807) is 31.4 Å². The van der Waals surface area contributed by atoms with Gasteiger partial charge in [-0.05, 0) is 43.7 Å². The standard InChI is InChI=1S/C22H30FN5O2.HI/c1-22(2,28-10-12-29-13-11-28)16-27-21(24-3)26-15-17-4-9-20(25-14-17)30-19-7-5-18(23)6-8-19;/h4-9,14H,10-13,15-16H2,1-3H3,(H2,24,26,27);1H. The predicted molar refractivity (Wildman–Crippen MR) is 131 cm³/mol. The van der Waals surface area contributed by atoms with E-state index in [4.69, 9.17) is 9.47 Å². The highest BCUT2D eigenvalue weighted by Gasteiger charge is 2.28. The Labute approximate surface area is 200 Å². The Hall–Kier alpha value is -1.98. The van der Waals surface area contributed by atoms with E-state index in [0.717, 1.165) is 44.4 Å². The van der Waals surface area contributed by atoms with Crippen LogP contribution < -0.4 is 15.4 Å². The molecule has 0 aliphatic carbocycles. The number of benzene rings is 1. The van der Waals surface area contributed by atoms with Gasteiger partial charge in [-0.1, -0.05) is 6.07 Å². The normalized spacial score (nSPS) is 15.2. The summed E-state index contributed by atoms with van der Waals surface area (Å²) in [5.41, 5.74) is 0.999. The van der Waals surface area contributed by atoms with Gasteiger partial charge in [0.15, 0.2) is 5.96 Å². The molecule has 7 nitrogen and oxygen atoms in total. The summed E-state index contributed by atoms with van der Waals surface area (Å²) in [6, 6.07) is 9.57. The third kappa shape index (κ3) is 7.89. The number of pyridine rings is 1. The van der Waals surface area contributed by atoms with Gasteiger partial charge in [0, 0.05) is 51.0 Å². The van der Waals surface area contributed by atoms with Crippen molar-refractivity contribution in [1.29, 1.82) is 0 Å². The first-order valence-corrected chi connectivity index (χ1v) is 10.1. The minimum Gasteiger partial charge on any atom is -0.439 e. The highest BCUT2D eigenvalue weighted by molar-refractivity contribution is 14.0. The molecular weight excluding hydrogens is 512 g/mol. The van der Waals surface area contributed by atoms with Crippen LogP contribution in [0, 0.1) is 5.82 Å². The maximum Gasteiger partial charge on any atom is 0.219 e. The van der Waals surface area contributed by atoms with E-state index in [1.165, 1.54) is 12.1 Å². The number of nitrogens with zero attached hydrogens (tertiary/aromatic N) is 3. The molecule has 0 spiro atoms. The molecule has 0 amide bonds. The fraction of sp³-hybridized carbons (Fsp3) is 0.455. The summed E-state index contributed by atoms with van der Waals surface area (Å²) in [7, 11) is 1.76. The third-order valence-electron chi connectivity index (χ3n) is 5.07. The van der Waals surface area contributed by atoms with Gasteiger partial charge in [-0.25, -0.2) is 9.37 Å². The number of hydrogen-bond donors (Lipinski definition) is 2. The summed E-state index contributed by atoms with van der Waals surface area (Å²) >= 11 is 0. The Morgan fingerprint density at radius 1 is 1.16 bits per heavy atom. The lowest BCUT2D eigenvalue weighted by Crippen LogP contribution is -2.56. The molecule has 1 aliphatic rings. The zero-order valence-electron chi connectivity index (χ0n) is 18.2. The summed E-state index contributed by atoms with van der Waals surface area (Å²) in [4.78, 5) is 11.1. The minimum absolute atomic E-state index is 0. The highest BCUT2D eigenvalue weighted by atomic mass is 127. The van der Waals surface area contributed by atoms with Crippen molar-refractivity contribution >= 4 is 29.9 Å². The van der Waals surface area contributed by atoms with Crippen LogP contribution in [0.4, 0.5) is 4.39 Å². The summed E-state index contributed by atoms with van der Waals surface area (Å²) in [6.45, 7) is 9.26. The third-order valence-corrected chi connectivity index (χ3v) is 5.07. The minimum atomic E-state index is -0.299. The Balaban J connectivity index is 0.00000341. The number of rotatable bonds is 7. The first-order chi connectivity index (χ1) is 14.5. The lowest BCUT2D eigenvalue weighted by atomic mass is 10.0. The average molecular weight is 543 g/mol. The van der Waals surface area contributed by atoms with Crippen LogP contribution >= 0.6 is 24.0 Å². The molecule has 9 heteroatoms. The lowest BCUT2D eigenvalue weighted by molar-refractivity contribution is -0.00834. The number of morpholine rings is 1. The molecule has 1 saturated heterocycles. The van der Waals surface area contributed by atoms with Crippen LogP contribution in [0.1, 0.15) is 19.4 Å². The van der Waals surface area contributed by atoms with Crippen molar-refractivity contribution in [2.24, 2.45) is 4.99 Å². The van der Waals surface area contributed by atoms with Gasteiger partial charge in [-0.15, -0.1) is 24.0 Å². The molecule has 0 bridgehead atoms. The number of nitrogens with one attached hydrogen (secondary N) is 2. The first kappa shape index (κ1) is 25.3. The second-order valence-corrected chi connectivity index (χ2v) is 7.75. The van der Waals surface area contributed by atoms with Crippen molar-refractivity contribution < 1.29 is 13.9 Å². The summed E-state index contributed by atoms with van der Waals surface area (Å²) in [5.74, 6) is 1.44.